The van der Waals surface area contributed by atoms with Crippen LogP contribution in [-0.4, -0.2) is 23.2 Å². The summed E-state index contributed by atoms with van der Waals surface area (Å²) < 4.78 is 0. The van der Waals surface area contributed by atoms with Gasteiger partial charge in [0.05, 0.1) is 5.60 Å². The van der Waals surface area contributed by atoms with Crippen LogP contribution in [0.4, 0.5) is 0 Å². The van der Waals surface area contributed by atoms with E-state index in [4.69, 9.17) is 0 Å². The van der Waals surface area contributed by atoms with Gasteiger partial charge in [0.1, 0.15) is 0 Å². The maximum absolute atomic E-state index is 11.8. The highest BCUT2D eigenvalue weighted by atomic mass is 16.3. The van der Waals surface area contributed by atoms with Gasteiger partial charge in [0.15, 0.2) is 0 Å². The first-order valence-corrected chi connectivity index (χ1v) is 6.35. The monoisotopic (exact) mass is 223 g/mol. The number of hydrogen-bond donors (Lipinski definition) is 2. The van der Waals surface area contributed by atoms with Crippen LogP contribution in [0, 0.1) is 5.92 Å². The lowest BCUT2D eigenvalue weighted by molar-refractivity contribution is -0.126. The molecule has 16 heavy (non-hydrogen) atoms. The Morgan fingerprint density at radius 2 is 2.12 bits per heavy atom. The van der Waals surface area contributed by atoms with Crippen molar-refractivity contribution in [3.05, 3.63) is 12.2 Å². The molecule has 0 spiro atoms. The molecule has 1 fully saturated rings. The Morgan fingerprint density at radius 3 is 2.75 bits per heavy atom. The van der Waals surface area contributed by atoms with Crippen molar-refractivity contribution in [1.29, 1.82) is 0 Å². The van der Waals surface area contributed by atoms with Crippen molar-refractivity contribution >= 4 is 5.91 Å². The van der Waals surface area contributed by atoms with Gasteiger partial charge in [0, 0.05) is 12.5 Å². The fraction of sp³-hybridized carbons (Fsp3) is 0.769. The second-order valence-electron chi connectivity index (χ2n) is 5.13. The molecule has 2 rings (SSSR count). The molecular weight excluding hydrogens is 202 g/mol. The van der Waals surface area contributed by atoms with E-state index in [9.17, 15) is 9.90 Å². The van der Waals surface area contributed by atoms with E-state index in [0.29, 0.717) is 6.54 Å². The minimum atomic E-state index is -0.625. The number of allylic oxidation sites excluding steroid dienone is 2. The Hall–Kier alpha value is -0.830. The van der Waals surface area contributed by atoms with Gasteiger partial charge in [-0.15, -0.1) is 0 Å². The number of carbonyl (C=O) groups is 1. The molecule has 0 bridgehead atoms. The van der Waals surface area contributed by atoms with E-state index in [-0.39, 0.29) is 11.8 Å². The van der Waals surface area contributed by atoms with Gasteiger partial charge in [-0.05, 0) is 32.1 Å². The molecule has 0 aromatic rings. The summed E-state index contributed by atoms with van der Waals surface area (Å²) in [6.07, 6.45) is 10.8. The van der Waals surface area contributed by atoms with Crippen LogP contribution in [0.25, 0.3) is 0 Å². The summed E-state index contributed by atoms with van der Waals surface area (Å²) in [5.41, 5.74) is -0.625. The van der Waals surface area contributed by atoms with Crippen molar-refractivity contribution in [2.75, 3.05) is 6.54 Å². The molecule has 1 unspecified atom stereocenters. The highest BCUT2D eigenvalue weighted by Crippen LogP contribution is 2.28. The van der Waals surface area contributed by atoms with Gasteiger partial charge in [-0.1, -0.05) is 25.0 Å². The molecule has 0 saturated heterocycles. The first-order valence-electron chi connectivity index (χ1n) is 6.35. The molecule has 3 heteroatoms. The van der Waals surface area contributed by atoms with E-state index < -0.39 is 5.60 Å². The van der Waals surface area contributed by atoms with Crippen molar-refractivity contribution in [2.45, 2.75) is 50.5 Å². The van der Waals surface area contributed by atoms with Crippen molar-refractivity contribution in [3.8, 4) is 0 Å². The number of nitrogens with one attached hydrogen (secondary N) is 1. The number of hydrogen-bond acceptors (Lipinski definition) is 2. The lowest BCUT2D eigenvalue weighted by Gasteiger charge is -2.24. The van der Waals surface area contributed by atoms with E-state index in [1.54, 1.807) is 0 Å². The Morgan fingerprint density at radius 1 is 1.38 bits per heavy atom. The van der Waals surface area contributed by atoms with Crippen molar-refractivity contribution in [2.24, 2.45) is 5.92 Å². The zero-order chi connectivity index (χ0) is 11.4. The average molecular weight is 223 g/mol. The molecule has 2 aliphatic carbocycles. The van der Waals surface area contributed by atoms with Gasteiger partial charge in [0.25, 0.3) is 0 Å². The molecule has 0 radical (unpaired) electrons. The molecule has 1 amide bonds. The molecule has 0 aromatic carbocycles. The zero-order valence-corrected chi connectivity index (χ0v) is 9.74. The van der Waals surface area contributed by atoms with E-state index in [2.05, 4.69) is 17.5 Å². The van der Waals surface area contributed by atoms with E-state index >= 15 is 0 Å². The van der Waals surface area contributed by atoms with Crippen molar-refractivity contribution < 1.29 is 9.90 Å². The fourth-order valence-electron chi connectivity index (χ4n) is 2.64. The Bertz CT molecular complexity index is 280. The third kappa shape index (κ3) is 2.85. The second-order valence-corrected chi connectivity index (χ2v) is 5.13. The molecule has 2 N–H and O–H groups in total. The number of rotatable bonds is 3. The van der Waals surface area contributed by atoms with Gasteiger partial charge in [-0.25, -0.2) is 0 Å². The van der Waals surface area contributed by atoms with Crippen molar-refractivity contribution in [3.63, 3.8) is 0 Å². The molecule has 0 aromatic heterocycles. The van der Waals surface area contributed by atoms with E-state index in [1.165, 1.54) is 0 Å². The fourth-order valence-corrected chi connectivity index (χ4v) is 2.64. The molecule has 2 aliphatic rings. The standard InChI is InChI=1S/C13H21NO2/c15-12(11-6-2-1-3-7-11)14-10-13(16)8-4-5-9-13/h1-2,11,16H,3-10H2,(H,14,15). The molecular formula is C13H21NO2. The second kappa shape index (κ2) is 5.00. The largest absolute Gasteiger partial charge is 0.388 e. The van der Waals surface area contributed by atoms with Crippen LogP contribution >= 0.6 is 0 Å². The van der Waals surface area contributed by atoms with Gasteiger partial charge >= 0.3 is 0 Å². The van der Waals surface area contributed by atoms with Crippen LogP contribution < -0.4 is 5.32 Å². The normalized spacial score (nSPS) is 27.9. The highest BCUT2D eigenvalue weighted by Gasteiger charge is 2.32. The van der Waals surface area contributed by atoms with Gasteiger partial charge in [-0.2, -0.15) is 0 Å². The SMILES string of the molecule is O=C(NCC1(O)CCCC1)C1CC=CCC1. The number of aliphatic hydroxyl groups is 1. The third-order valence-corrected chi connectivity index (χ3v) is 3.77. The summed E-state index contributed by atoms with van der Waals surface area (Å²) in [7, 11) is 0. The number of amides is 1. The molecule has 0 heterocycles. The summed E-state index contributed by atoms with van der Waals surface area (Å²) in [5, 5.41) is 13.0. The molecule has 90 valence electrons. The minimum Gasteiger partial charge on any atom is -0.388 e. The summed E-state index contributed by atoms with van der Waals surface area (Å²) in [6, 6.07) is 0. The van der Waals surface area contributed by atoms with Crippen LogP contribution in [0.3, 0.4) is 0 Å². The maximum Gasteiger partial charge on any atom is 0.223 e. The van der Waals surface area contributed by atoms with E-state index in [0.717, 1.165) is 44.9 Å². The van der Waals surface area contributed by atoms with Crippen molar-refractivity contribution in [1.82, 2.24) is 5.32 Å². The Kier molecular flexibility index (Phi) is 3.64. The topological polar surface area (TPSA) is 49.3 Å². The Balaban J connectivity index is 1.76. The molecule has 1 atom stereocenters. The van der Waals surface area contributed by atoms with Crippen LogP contribution in [0.1, 0.15) is 44.9 Å². The highest BCUT2D eigenvalue weighted by molar-refractivity contribution is 5.79. The minimum absolute atomic E-state index is 0.115. The van der Waals surface area contributed by atoms with Crippen LogP contribution in [0.2, 0.25) is 0 Å². The summed E-state index contributed by atoms with van der Waals surface area (Å²) in [4.78, 5) is 11.8. The smallest absolute Gasteiger partial charge is 0.223 e. The number of carbonyl (C=O) groups excluding carboxylic acids is 1. The summed E-state index contributed by atoms with van der Waals surface area (Å²) in [5.74, 6) is 0.236. The summed E-state index contributed by atoms with van der Waals surface area (Å²) in [6.45, 7) is 0.437. The zero-order valence-electron chi connectivity index (χ0n) is 9.74. The van der Waals surface area contributed by atoms with Crippen LogP contribution in [0.5, 0.6) is 0 Å². The summed E-state index contributed by atoms with van der Waals surface area (Å²) >= 11 is 0. The van der Waals surface area contributed by atoms with Gasteiger partial charge < -0.3 is 10.4 Å². The predicted octanol–water partition coefficient (Wildman–Crippen LogP) is 1.76. The van der Waals surface area contributed by atoms with E-state index in [1.807, 2.05) is 0 Å². The van der Waals surface area contributed by atoms with Gasteiger partial charge in [-0.3, -0.25) is 4.79 Å². The lowest BCUT2D eigenvalue weighted by atomic mass is 9.93. The molecule has 1 saturated carbocycles. The quantitative estimate of drug-likeness (QED) is 0.716. The van der Waals surface area contributed by atoms with Crippen LogP contribution in [-0.2, 0) is 4.79 Å². The first-order chi connectivity index (χ1) is 7.70. The third-order valence-electron chi connectivity index (χ3n) is 3.77. The molecule has 3 nitrogen and oxygen atoms in total. The molecule has 0 aliphatic heterocycles. The Labute approximate surface area is 96.9 Å². The van der Waals surface area contributed by atoms with Crippen LogP contribution in [0.15, 0.2) is 12.2 Å². The van der Waals surface area contributed by atoms with Gasteiger partial charge in [0.2, 0.25) is 5.91 Å². The lowest BCUT2D eigenvalue weighted by Crippen LogP contribution is -2.43. The first kappa shape index (κ1) is 11.6. The maximum atomic E-state index is 11.8. The predicted molar refractivity (Wildman–Crippen MR) is 62.9 cm³/mol. The average Bonchev–Trinajstić information content (AvgIpc) is 2.75.